The number of fused-ring (bicyclic) bond motifs is 1. The minimum atomic E-state index is -1.30. The average molecular weight is 571 g/mol. The standard InChI is InChI=1S/C32H34N4O6/c1-3-20(2)27(31(40)41)35-28(37)25(18-21-12-6-4-7-13-21)33-29(38)26(19-22-14-8-5-9-15-22)36-30(39)23-16-10-11-17-24(23)34-32(36)42/h4-17,20,25-27H,3,18-19H2,1-2H3,(H,33,38)(H,34,42)(H,35,37)(H,40,41)/t20-,25+,26-,27+/m1/s1. The predicted octanol–water partition coefficient (Wildman–Crippen LogP) is 2.82. The van der Waals surface area contributed by atoms with E-state index in [9.17, 15) is 29.1 Å². The number of nitrogens with zero attached hydrogens (tertiary/aromatic N) is 1. The third-order valence-electron chi connectivity index (χ3n) is 7.42. The van der Waals surface area contributed by atoms with Gasteiger partial charge in [0.2, 0.25) is 11.8 Å². The average Bonchev–Trinajstić information content (AvgIpc) is 2.99. The number of carboxylic acid groups (broad SMARTS) is 1. The second kappa shape index (κ2) is 13.6. The van der Waals surface area contributed by atoms with E-state index in [-0.39, 0.29) is 24.1 Å². The van der Waals surface area contributed by atoms with Crippen LogP contribution in [0.4, 0.5) is 0 Å². The first-order valence-corrected chi connectivity index (χ1v) is 13.8. The molecule has 2 amide bonds. The van der Waals surface area contributed by atoms with E-state index in [1.807, 2.05) is 19.1 Å². The number of hydrogen-bond acceptors (Lipinski definition) is 5. The molecule has 1 aromatic heterocycles. The number of rotatable bonds is 12. The van der Waals surface area contributed by atoms with E-state index < -0.39 is 47.2 Å². The van der Waals surface area contributed by atoms with Crippen molar-refractivity contribution in [2.75, 3.05) is 0 Å². The molecule has 218 valence electrons. The maximum Gasteiger partial charge on any atom is 0.329 e. The lowest BCUT2D eigenvalue weighted by molar-refractivity contribution is -0.143. The minimum absolute atomic E-state index is 0.00169. The van der Waals surface area contributed by atoms with Gasteiger partial charge in [-0.2, -0.15) is 0 Å². The van der Waals surface area contributed by atoms with Crippen LogP contribution in [0, 0.1) is 5.92 Å². The van der Waals surface area contributed by atoms with Gasteiger partial charge in [-0.05, 0) is 29.2 Å². The SMILES string of the molecule is CC[C@@H](C)[C@H](NC(=O)[C@H](Cc1ccccc1)NC(=O)[C@@H](Cc1ccccc1)n1c(=O)[nH]c2ccccc2c1=O)C(=O)O. The fourth-order valence-electron chi connectivity index (χ4n) is 4.86. The Morgan fingerprint density at radius 1 is 0.810 bits per heavy atom. The smallest absolute Gasteiger partial charge is 0.329 e. The van der Waals surface area contributed by atoms with Crippen LogP contribution in [0.3, 0.4) is 0 Å². The first kappa shape index (κ1) is 30.0. The molecule has 10 heteroatoms. The van der Waals surface area contributed by atoms with Crippen LogP contribution >= 0.6 is 0 Å². The van der Waals surface area contributed by atoms with Crippen molar-refractivity contribution in [2.45, 2.75) is 51.2 Å². The number of aromatic nitrogens is 2. The van der Waals surface area contributed by atoms with Gasteiger partial charge in [-0.15, -0.1) is 0 Å². The Hall–Kier alpha value is -4.99. The van der Waals surface area contributed by atoms with Crippen molar-refractivity contribution < 1.29 is 19.5 Å². The van der Waals surface area contributed by atoms with Crippen LogP contribution in [0.2, 0.25) is 0 Å². The highest BCUT2D eigenvalue weighted by Gasteiger charge is 2.33. The number of hydrogen-bond donors (Lipinski definition) is 4. The number of aliphatic carboxylic acids is 1. The summed E-state index contributed by atoms with van der Waals surface area (Å²) in [5, 5.41) is 15.3. The van der Waals surface area contributed by atoms with Crippen LogP contribution in [0.15, 0.2) is 94.5 Å². The number of H-pyrrole nitrogens is 1. The lowest BCUT2D eigenvalue weighted by atomic mass is 9.97. The van der Waals surface area contributed by atoms with Crippen molar-refractivity contribution in [3.05, 3.63) is 117 Å². The largest absolute Gasteiger partial charge is 0.480 e. The Balaban J connectivity index is 1.74. The van der Waals surface area contributed by atoms with Crippen LogP contribution in [0.1, 0.15) is 37.4 Å². The molecular formula is C32H34N4O6. The molecule has 4 atom stereocenters. The fourth-order valence-corrected chi connectivity index (χ4v) is 4.86. The zero-order chi connectivity index (χ0) is 30.2. The minimum Gasteiger partial charge on any atom is -0.480 e. The molecule has 0 aliphatic carbocycles. The molecule has 0 saturated carbocycles. The molecule has 3 aromatic carbocycles. The molecular weight excluding hydrogens is 536 g/mol. The molecule has 0 aliphatic heterocycles. The molecule has 4 N–H and O–H groups in total. The summed E-state index contributed by atoms with van der Waals surface area (Å²) in [4.78, 5) is 68.9. The van der Waals surface area contributed by atoms with Crippen molar-refractivity contribution in [2.24, 2.45) is 5.92 Å². The van der Waals surface area contributed by atoms with Crippen LogP contribution in [0.25, 0.3) is 10.9 Å². The Kier molecular flexibility index (Phi) is 9.69. The molecule has 10 nitrogen and oxygen atoms in total. The summed E-state index contributed by atoms with van der Waals surface area (Å²) in [6, 6.07) is 20.8. The molecule has 0 bridgehead atoms. The van der Waals surface area contributed by atoms with E-state index in [4.69, 9.17) is 0 Å². The first-order valence-electron chi connectivity index (χ1n) is 13.8. The second-order valence-corrected chi connectivity index (χ2v) is 10.3. The maximum atomic E-state index is 14.0. The number of amides is 2. The van der Waals surface area contributed by atoms with Gasteiger partial charge in [-0.3, -0.25) is 14.4 Å². The van der Waals surface area contributed by atoms with Crippen LogP contribution < -0.4 is 21.9 Å². The van der Waals surface area contributed by atoms with Gasteiger partial charge < -0.3 is 20.7 Å². The molecule has 1 heterocycles. The summed E-state index contributed by atoms with van der Waals surface area (Å²) in [6.45, 7) is 3.54. The van der Waals surface area contributed by atoms with Crippen LogP contribution in [0.5, 0.6) is 0 Å². The van der Waals surface area contributed by atoms with Crippen molar-refractivity contribution >= 4 is 28.7 Å². The highest BCUT2D eigenvalue weighted by molar-refractivity contribution is 5.92. The summed E-state index contributed by atoms with van der Waals surface area (Å²) in [6.07, 6.45) is 0.574. The predicted molar refractivity (Wildman–Crippen MR) is 159 cm³/mol. The zero-order valence-corrected chi connectivity index (χ0v) is 23.4. The first-order chi connectivity index (χ1) is 20.2. The molecule has 0 unspecified atom stereocenters. The lowest BCUT2D eigenvalue weighted by Crippen LogP contribution is -2.56. The van der Waals surface area contributed by atoms with E-state index in [1.54, 1.807) is 79.7 Å². The number of nitrogens with one attached hydrogen (secondary N) is 3. The number of aromatic amines is 1. The normalized spacial score (nSPS) is 14.0. The Morgan fingerprint density at radius 2 is 1.38 bits per heavy atom. The summed E-state index contributed by atoms with van der Waals surface area (Å²) in [7, 11) is 0. The number of carbonyl (C=O) groups excluding carboxylic acids is 2. The van der Waals surface area contributed by atoms with Gasteiger partial charge in [0.05, 0.1) is 10.9 Å². The van der Waals surface area contributed by atoms with Crippen molar-refractivity contribution in [3.63, 3.8) is 0 Å². The van der Waals surface area contributed by atoms with E-state index in [0.29, 0.717) is 17.5 Å². The third kappa shape index (κ3) is 7.01. The van der Waals surface area contributed by atoms with Gasteiger partial charge in [-0.25, -0.2) is 14.2 Å². The van der Waals surface area contributed by atoms with E-state index >= 15 is 0 Å². The Morgan fingerprint density at radius 3 is 1.98 bits per heavy atom. The Labute approximate surface area is 242 Å². The van der Waals surface area contributed by atoms with Gasteiger partial charge in [0, 0.05) is 12.8 Å². The summed E-state index contributed by atoms with van der Waals surface area (Å²) in [5.41, 5.74) is 0.366. The molecule has 4 rings (SSSR count). The zero-order valence-electron chi connectivity index (χ0n) is 23.4. The molecule has 0 saturated heterocycles. The topological polar surface area (TPSA) is 150 Å². The van der Waals surface area contributed by atoms with E-state index in [2.05, 4.69) is 15.6 Å². The lowest BCUT2D eigenvalue weighted by Gasteiger charge is -2.26. The fraction of sp³-hybridized carbons (Fsp3) is 0.281. The van der Waals surface area contributed by atoms with Crippen LogP contribution in [-0.4, -0.2) is 44.5 Å². The molecule has 0 spiro atoms. The van der Waals surface area contributed by atoms with Crippen LogP contribution in [-0.2, 0) is 27.2 Å². The van der Waals surface area contributed by atoms with Gasteiger partial charge in [0.25, 0.3) is 5.56 Å². The highest BCUT2D eigenvalue weighted by atomic mass is 16.4. The molecule has 0 radical (unpaired) electrons. The number of benzene rings is 3. The molecule has 0 aliphatic rings. The number of carbonyl (C=O) groups is 3. The summed E-state index contributed by atoms with van der Waals surface area (Å²) < 4.78 is 0.876. The van der Waals surface area contributed by atoms with Crippen molar-refractivity contribution in [3.8, 4) is 0 Å². The third-order valence-corrected chi connectivity index (χ3v) is 7.42. The summed E-state index contributed by atoms with van der Waals surface area (Å²) >= 11 is 0. The van der Waals surface area contributed by atoms with Gasteiger partial charge >= 0.3 is 11.7 Å². The summed E-state index contributed by atoms with van der Waals surface area (Å²) in [5.74, 6) is -2.95. The van der Waals surface area contributed by atoms with Crippen molar-refractivity contribution in [1.29, 1.82) is 0 Å². The maximum absolute atomic E-state index is 14.0. The van der Waals surface area contributed by atoms with E-state index in [1.165, 1.54) is 0 Å². The quantitative estimate of drug-likeness (QED) is 0.206. The Bertz CT molecular complexity index is 1670. The second-order valence-electron chi connectivity index (χ2n) is 10.3. The van der Waals surface area contributed by atoms with Gasteiger partial charge in [0.1, 0.15) is 18.1 Å². The van der Waals surface area contributed by atoms with Gasteiger partial charge in [-0.1, -0.05) is 93.1 Å². The number of para-hydroxylation sites is 1. The molecule has 42 heavy (non-hydrogen) atoms. The van der Waals surface area contributed by atoms with E-state index in [0.717, 1.165) is 10.1 Å². The number of carboxylic acids is 1. The molecule has 0 fully saturated rings. The monoisotopic (exact) mass is 570 g/mol. The van der Waals surface area contributed by atoms with Gasteiger partial charge in [0.15, 0.2) is 0 Å². The van der Waals surface area contributed by atoms with Crippen molar-refractivity contribution in [1.82, 2.24) is 20.2 Å². The highest BCUT2D eigenvalue weighted by Crippen LogP contribution is 2.16. The molecule has 4 aromatic rings.